The predicted octanol–water partition coefficient (Wildman–Crippen LogP) is 1.08. The molecule has 0 aliphatic carbocycles. The molecule has 0 atom stereocenters. The van der Waals surface area contributed by atoms with Crippen LogP contribution in [0, 0.1) is 0 Å². The van der Waals surface area contributed by atoms with Gasteiger partial charge in [0.2, 0.25) is 5.95 Å². The number of hydrogen-bond acceptors (Lipinski definition) is 8. The molecule has 1 aliphatic rings. The zero-order chi connectivity index (χ0) is 18.0. The van der Waals surface area contributed by atoms with Gasteiger partial charge in [-0.15, -0.1) is 0 Å². The SMILES string of the molecule is OCCCNc1nc(NCCN2CCOCC2)cc(-c2cccnc2)n1. The van der Waals surface area contributed by atoms with Crippen LogP contribution in [0.3, 0.4) is 0 Å². The van der Waals surface area contributed by atoms with Crippen LogP contribution in [0.1, 0.15) is 6.42 Å². The summed E-state index contributed by atoms with van der Waals surface area (Å²) in [6.45, 7) is 6.07. The molecular weight excluding hydrogens is 332 g/mol. The van der Waals surface area contributed by atoms with Crippen LogP contribution in [-0.4, -0.2) is 77.5 Å². The van der Waals surface area contributed by atoms with Crippen molar-refractivity contribution in [3.8, 4) is 11.3 Å². The molecule has 1 saturated heterocycles. The van der Waals surface area contributed by atoms with Crippen LogP contribution in [-0.2, 0) is 4.74 Å². The van der Waals surface area contributed by atoms with Gasteiger partial charge in [-0.05, 0) is 18.6 Å². The molecule has 0 spiro atoms. The number of nitrogens with zero attached hydrogens (tertiary/aromatic N) is 4. The highest BCUT2D eigenvalue weighted by atomic mass is 16.5. The Morgan fingerprint density at radius 1 is 1.15 bits per heavy atom. The standard InChI is InChI=1S/C18H26N6O2/c25-10-2-5-21-18-22-16(15-3-1-4-19-14-15)13-17(23-18)20-6-7-24-8-11-26-12-9-24/h1,3-4,13-14,25H,2,5-12H2,(H2,20,21,22,23). The molecule has 8 nitrogen and oxygen atoms in total. The van der Waals surface area contributed by atoms with Gasteiger partial charge in [0.25, 0.3) is 0 Å². The lowest BCUT2D eigenvalue weighted by atomic mass is 10.2. The smallest absolute Gasteiger partial charge is 0.225 e. The molecule has 3 rings (SSSR count). The number of anilines is 2. The summed E-state index contributed by atoms with van der Waals surface area (Å²) in [6.07, 6.45) is 4.18. The first-order valence-corrected chi connectivity index (χ1v) is 9.03. The Balaban J connectivity index is 1.67. The van der Waals surface area contributed by atoms with E-state index in [4.69, 9.17) is 9.84 Å². The lowest BCUT2D eigenvalue weighted by Gasteiger charge is -2.26. The Bertz CT molecular complexity index is 664. The molecule has 1 aliphatic heterocycles. The van der Waals surface area contributed by atoms with Crippen molar-refractivity contribution >= 4 is 11.8 Å². The number of aliphatic hydroxyl groups excluding tert-OH is 1. The lowest BCUT2D eigenvalue weighted by molar-refractivity contribution is 0.0398. The van der Waals surface area contributed by atoms with Gasteiger partial charge in [-0.1, -0.05) is 0 Å². The first kappa shape index (κ1) is 18.5. The van der Waals surface area contributed by atoms with Crippen molar-refractivity contribution < 1.29 is 9.84 Å². The minimum Gasteiger partial charge on any atom is -0.396 e. The summed E-state index contributed by atoms with van der Waals surface area (Å²) in [6, 6.07) is 5.81. The number of aromatic nitrogens is 3. The minimum atomic E-state index is 0.139. The van der Waals surface area contributed by atoms with Crippen molar-refractivity contribution in [2.75, 3.05) is 63.2 Å². The second kappa shape index (κ2) is 10.0. The van der Waals surface area contributed by atoms with E-state index in [1.165, 1.54) is 0 Å². The van der Waals surface area contributed by atoms with Crippen LogP contribution in [0.2, 0.25) is 0 Å². The summed E-state index contributed by atoms with van der Waals surface area (Å²) >= 11 is 0. The van der Waals surface area contributed by atoms with E-state index in [9.17, 15) is 0 Å². The highest BCUT2D eigenvalue weighted by Crippen LogP contribution is 2.20. The summed E-state index contributed by atoms with van der Waals surface area (Å²) in [4.78, 5) is 15.6. The molecular formula is C18H26N6O2. The fourth-order valence-corrected chi connectivity index (χ4v) is 2.73. The topological polar surface area (TPSA) is 95.4 Å². The van der Waals surface area contributed by atoms with E-state index in [-0.39, 0.29) is 6.61 Å². The van der Waals surface area contributed by atoms with E-state index < -0.39 is 0 Å². The first-order chi connectivity index (χ1) is 12.8. The second-order valence-corrected chi connectivity index (χ2v) is 6.09. The van der Waals surface area contributed by atoms with Crippen LogP contribution < -0.4 is 10.6 Å². The lowest BCUT2D eigenvalue weighted by Crippen LogP contribution is -2.39. The van der Waals surface area contributed by atoms with Gasteiger partial charge in [0.15, 0.2) is 0 Å². The van der Waals surface area contributed by atoms with Crippen molar-refractivity contribution in [2.24, 2.45) is 0 Å². The normalized spacial score (nSPS) is 15.0. The van der Waals surface area contributed by atoms with E-state index in [0.29, 0.717) is 18.9 Å². The van der Waals surface area contributed by atoms with Crippen LogP contribution >= 0.6 is 0 Å². The van der Waals surface area contributed by atoms with Gasteiger partial charge in [-0.2, -0.15) is 4.98 Å². The van der Waals surface area contributed by atoms with E-state index in [2.05, 4.69) is 30.5 Å². The average Bonchev–Trinajstić information content (AvgIpc) is 2.70. The maximum Gasteiger partial charge on any atom is 0.225 e. The Morgan fingerprint density at radius 3 is 2.81 bits per heavy atom. The summed E-state index contributed by atoms with van der Waals surface area (Å²) in [5.41, 5.74) is 1.75. The van der Waals surface area contributed by atoms with E-state index in [0.717, 1.165) is 56.5 Å². The molecule has 0 radical (unpaired) electrons. The Labute approximate surface area is 153 Å². The zero-order valence-corrected chi connectivity index (χ0v) is 14.9. The summed E-state index contributed by atoms with van der Waals surface area (Å²) in [5.74, 6) is 1.33. The van der Waals surface area contributed by atoms with Gasteiger partial charge in [-0.3, -0.25) is 9.88 Å². The number of morpholine rings is 1. The fraction of sp³-hybridized carbons (Fsp3) is 0.500. The van der Waals surface area contributed by atoms with E-state index in [1.54, 1.807) is 12.4 Å². The molecule has 26 heavy (non-hydrogen) atoms. The third-order valence-corrected chi connectivity index (χ3v) is 4.14. The maximum absolute atomic E-state index is 8.96. The first-order valence-electron chi connectivity index (χ1n) is 9.03. The molecule has 0 aromatic carbocycles. The number of rotatable bonds is 9. The molecule has 140 valence electrons. The molecule has 3 N–H and O–H groups in total. The quantitative estimate of drug-likeness (QED) is 0.573. The largest absolute Gasteiger partial charge is 0.396 e. The molecule has 0 saturated carbocycles. The van der Waals surface area contributed by atoms with Crippen LogP contribution in [0.5, 0.6) is 0 Å². The predicted molar refractivity (Wildman–Crippen MR) is 101 cm³/mol. The highest BCUT2D eigenvalue weighted by molar-refractivity contribution is 5.63. The number of ether oxygens (including phenoxy) is 1. The molecule has 8 heteroatoms. The van der Waals surface area contributed by atoms with E-state index >= 15 is 0 Å². The van der Waals surface area contributed by atoms with Gasteiger partial charge < -0.3 is 20.5 Å². The van der Waals surface area contributed by atoms with Gasteiger partial charge in [0, 0.05) is 63.4 Å². The van der Waals surface area contributed by atoms with Gasteiger partial charge in [-0.25, -0.2) is 4.98 Å². The molecule has 2 aromatic rings. The molecule has 0 amide bonds. The Hall–Kier alpha value is -2.29. The van der Waals surface area contributed by atoms with Crippen LogP contribution in [0.15, 0.2) is 30.6 Å². The van der Waals surface area contributed by atoms with Gasteiger partial charge in [0.1, 0.15) is 5.82 Å². The van der Waals surface area contributed by atoms with Gasteiger partial charge >= 0.3 is 0 Å². The van der Waals surface area contributed by atoms with E-state index in [1.807, 2.05) is 18.2 Å². The molecule has 1 fully saturated rings. The number of pyridine rings is 1. The Kier molecular flexibility index (Phi) is 7.12. The molecule has 0 bridgehead atoms. The molecule has 0 unspecified atom stereocenters. The minimum absolute atomic E-state index is 0.139. The number of nitrogens with one attached hydrogen (secondary N) is 2. The monoisotopic (exact) mass is 358 g/mol. The number of hydrogen-bond donors (Lipinski definition) is 3. The molecule has 3 heterocycles. The van der Waals surface area contributed by atoms with Crippen molar-refractivity contribution in [1.29, 1.82) is 0 Å². The Morgan fingerprint density at radius 2 is 2.04 bits per heavy atom. The summed E-state index contributed by atoms with van der Waals surface area (Å²) in [5, 5.41) is 15.5. The average molecular weight is 358 g/mol. The van der Waals surface area contributed by atoms with Crippen molar-refractivity contribution in [2.45, 2.75) is 6.42 Å². The third-order valence-electron chi connectivity index (χ3n) is 4.14. The maximum atomic E-state index is 8.96. The van der Waals surface area contributed by atoms with Crippen LogP contribution in [0.25, 0.3) is 11.3 Å². The highest BCUT2D eigenvalue weighted by Gasteiger charge is 2.10. The fourth-order valence-electron chi connectivity index (χ4n) is 2.73. The van der Waals surface area contributed by atoms with Crippen molar-refractivity contribution in [1.82, 2.24) is 19.9 Å². The molecule has 2 aromatic heterocycles. The summed E-state index contributed by atoms with van der Waals surface area (Å²) < 4.78 is 5.38. The number of aliphatic hydroxyl groups is 1. The second-order valence-electron chi connectivity index (χ2n) is 6.09. The third kappa shape index (κ3) is 5.62. The van der Waals surface area contributed by atoms with Gasteiger partial charge in [0.05, 0.1) is 18.9 Å². The van der Waals surface area contributed by atoms with Crippen molar-refractivity contribution in [3.63, 3.8) is 0 Å². The summed E-state index contributed by atoms with van der Waals surface area (Å²) in [7, 11) is 0. The zero-order valence-electron chi connectivity index (χ0n) is 14.9. The van der Waals surface area contributed by atoms with Crippen LogP contribution in [0.4, 0.5) is 11.8 Å². The van der Waals surface area contributed by atoms with Crippen molar-refractivity contribution in [3.05, 3.63) is 30.6 Å².